The second-order valence-corrected chi connectivity index (χ2v) is 6.86. The summed E-state index contributed by atoms with van der Waals surface area (Å²) in [6.45, 7) is 6.78. The van der Waals surface area contributed by atoms with Gasteiger partial charge in [0.1, 0.15) is 11.3 Å². The Labute approximate surface area is 145 Å². The molecule has 1 fully saturated rings. The van der Waals surface area contributed by atoms with Crippen LogP contribution >= 0.6 is 0 Å². The molecule has 134 valence electrons. The van der Waals surface area contributed by atoms with Gasteiger partial charge in [-0.25, -0.2) is 14.3 Å². The van der Waals surface area contributed by atoms with E-state index in [2.05, 4.69) is 23.9 Å². The average molecular weight is 346 g/mol. The number of hydrogen-bond donors (Lipinski definition) is 1. The Morgan fingerprint density at radius 1 is 1.48 bits per heavy atom. The maximum Gasteiger partial charge on any atom is 0.341 e. The van der Waals surface area contributed by atoms with Crippen LogP contribution in [-0.2, 0) is 4.74 Å². The van der Waals surface area contributed by atoms with E-state index in [1.165, 1.54) is 16.9 Å². The molecule has 2 aromatic heterocycles. The molecule has 3 rings (SSSR count). The maximum atomic E-state index is 13.0. The Kier molecular flexibility index (Phi) is 4.24. The van der Waals surface area contributed by atoms with E-state index in [1.54, 1.807) is 18.0 Å². The Morgan fingerprint density at radius 2 is 2.20 bits per heavy atom. The van der Waals surface area contributed by atoms with E-state index in [4.69, 9.17) is 4.74 Å². The van der Waals surface area contributed by atoms with Gasteiger partial charge >= 0.3 is 5.97 Å². The third kappa shape index (κ3) is 2.66. The van der Waals surface area contributed by atoms with Gasteiger partial charge in [0.2, 0.25) is 0 Å². The van der Waals surface area contributed by atoms with E-state index in [-0.39, 0.29) is 40.4 Å². The number of ether oxygens (including phenoxy) is 1. The molecule has 2 atom stereocenters. The van der Waals surface area contributed by atoms with Crippen molar-refractivity contribution in [2.75, 3.05) is 13.7 Å². The first-order valence-corrected chi connectivity index (χ1v) is 8.23. The molecule has 0 unspecified atom stereocenters. The number of carboxylic acids is 1. The minimum absolute atomic E-state index is 0.0299. The zero-order valence-corrected chi connectivity index (χ0v) is 14.8. The Balaban J connectivity index is 1.89. The van der Waals surface area contributed by atoms with Gasteiger partial charge < -0.3 is 14.7 Å². The number of nitrogens with zero attached hydrogens (tertiary/aromatic N) is 4. The van der Waals surface area contributed by atoms with Crippen molar-refractivity contribution in [3.63, 3.8) is 0 Å². The van der Waals surface area contributed by atoms with Crippen LogP contribution in [0.3, 0.4) is 0 Å². The summed E-state index contributed by atoms with van der Waals surface area (Å²) in [4.78, 5) is 29.9. The number of amides is 1. The summed E-state index contributed by atoms with van der Waals surface area (Å²) in [5.74, 6) is -1.35. The standard InChI is InChI=1S/C17H22N4O4/c1-5-25-13-8-12(17(13,2)3)20(4)15(22)11-6-7-18-14-10(16(23)24)9-19-21(11)14/h6-7,9,12-13H,5,8H2,1-4H3,(H,23,24)/t12-,13-/m1/s1. The van der Waals surface area contributed by atoms with Gasteiger partial charge in [-0.3, -0.25) is 4.79 Å². The predicted octanol–water partition coefficient (Wildman–Crippen LogP) is 1.70. The van der Waals surface area contributed by atoms with Crippen LogP contribution in [0, 0.1) is 5.41 Å². The Hall–Kier alpha value is -2.48. The molecule has 0 aliphatic heterocycles. The Bertz CT molecular complexity index is 829. The highest BCUT2D eigenvalue weighted by Gasteiger charge is 2.52. The molecule has 0 bridgehead atoms. The lowest BCUT2D eigenvalue weighted by Gasteiger charge is -2.54. The van der Waals surface area contributed by atoms with Gasteiger partial charge in [-0.1, -0.05) is 13.8 Å². The number of hydrogen-bond acceptors (Lipinski definition) is 5. The third-order valence-corrected chi connectivity index (χ3v) is 5.13. The first kappa shape index (κ1) is 17.3. The molecule has 0 saturated heterocycles. The van der Waals surface area contributed by atoms with Crippen LogP contribution in [0.1, 0.15) is 48.0 Å². The van der Waals surface area contributed by atoms with E-state index >= 15 is 0 Å². The van der Waals surface area contributed by atoms with Gasteiger partial charge in [0.05, 0.1) is 12.3 Å². The van der Waals surface area contributed by atoms with Gasteiger partial charge in [0, 0.05) is 31.3 Å². The van der Waals surface area contributed by atoms with Crippen molar-refractivity contribution >= 4 is 17.5 Å². The van der Waals surface area contributed by atoms with Crippen molar-refractivity contribution in [3.8, 4) is 0 Å². The quantitative estimate of drug-likeness (QED) is 0.885. The highest BCUT2D eigenvalue weighted by molar-refractivity contribution is 5.97. The molecule has 1 amide bonds. The summed E-state index contributed by atoms with van der Waals surface area (Å²) >= 11 is 0. The van der Waals surface area contributed by atoms with Crippen molar-refractivity contribution in [3.05, 3.63) is 29.7 Å². The minimum Gasteiger partial charge on any atom is -0.477 e. The van der Waals surface area contributed by atoms with Crippen molar-refractivity contribution < 1.29 is 19.4 Å². The van der Waals surface area contributed by atoms with E-state index in [0.29, 0.717) is 6.61 Å². The van der Waals surface area contributed by atoms with Crippen molar-refractivity contribution in [2.24, 2.45) is 5.41 Å². The number of aromatic carboxylic acids is 1. The maximum absolute atomic E-state index is 13.0. The fourth-order valence-electron chi connectivity index (χ4n) is 3.53. The summed E-state index contributed by atoms with van der Waals surface area (Å²) in [7, 11) is 1.75. The summed E-state index contributed by atoms with van der Waals surface area (Å²) in [5, 5.41) is 13.2. The summed E-state index contributed by atoms with van der Waals surface area (Å²) < 4.78 is 7.01. The van der Waals surface area contributed by atoms with Gasteiger partial charge in [-0.15, -0.1) is 0 Å². The highest BCUT2D eigenvalue weighted by Crippen LogP contribution is 2.45. The molecule has 2 aromatic rings. The monoisotopic (exact) mass is 346 g/mol. The van der Waals surface area contributed by atoms with Gasteiger partial charge in [-0.2, -0.15) is 5.10 Å². The molecule has 2 heterocycles. The summed E-state index contributed by atoms with van der Waals surface area (Å²) in [6, 6.07) is 1.59. The fourth-order valence-corrected chi connectivity index (χ4v) is 3.53. The first-order chi connectivity index (χ1) is 11.8. The molecular weight excluding hydrogens is 324 g/mol. The van der Waals surface area contributed by atoms with E-state index < -0.39 is 5.97 Å². The topological polar surface area (TPSA) is 97.0 Å². The molecule has 8 heteroatoms. The lowest BCUT2D eigenvalue weighted by Crippen LogP contribution is -2.62. The zero-order chi connectivity index (χ0) is 18.4. The third-order valence-electron chi connectivity index (χ3n) is 5.13. The second-order valence-electron chi connectivity index (χ2n) is 6.86. The highest BCUT2D eigenvalue weighted by atomic mass is 16.5. The molecule has 0 spiro atoms. The molecule has 1 aliphatic carbocycles. The molecule has 8 nitrogen and oxygen atoms in total. The largest absolute Gasteiger partial charge is 0.477 e. The second kappa shape index (κ2) is 6.11. The van der Waals surface area contributed by atoms with Crippen LogP contribution in [0.5, 0.6) is 0 Å². The van der Waals surface area contributed by atoms with Crippen LogP contribution in [0.2, 0.25) is 0 Å². The van der Waals surface area contributed by atoms with E-state index in [9.17, 15) is 14.7 Å². The smallest absolute Gasteiger partial charge is 0.341 e. The van der Waals surface area contributed by atoms with Crippen molar-refractivity contribution in [1.29, 1.82) is 0 Å². The molecule has 0 aromatic carbocycles. The predicted molar refractivity (Wildman–Crippen MR) is 89.6 cm³/mol. The number of rotatable bonds is 5. The Morgan fingerprint density at radius 3 is 2.80 bits per heavy atom. The van der Waals surface area contributed by atoms with E-state index in [1.807, 2.05) is 6.92 Å². The number of carbonyl (C=O) groups excluding carboxylic acids is 1. The summed E-state index contributed by atoms with van der Waals surface area (Å²) in [6.07, 6.45) is 3.54. The molecular formula is C17H22N4O4. The van der Waals surface area contributed by atoms with Gasteiger partial charge in [0.25, 0.3) is 5.91 Å². The van der Waals surface area contributed by atoms with Crippen molar-refractivity contribution in [2.45, 2.75) is 39.3 Å². The molecule has 1 aliphatic rings. The molecule has 0 radical (unpaired) electrons. The normalized spacial score (nSPS) is 21.8. The van der Waals surface area contributed by atoms with Crippen LogP contribution in [0.15, 0.2) is 18.5 Å². The minimum atomic E-state index is -1.12. The molecule has 1 saturated carbocycles. The van der Waals surface area contributed by atoms with Crippen LogP contribution in [0.25, 0.3) is 5.65 Å². The number of carboxylic acid groups (broad SMARTS) is 1. The first-order valence-electron chi connectivity index (χ1n) is 8.23. The number of carbonyl (C=O) groups is 2. The van der Waals surface area contributed by atoms with E-state index in [0.717, 1.165) is 6.42 Å². The van der Waals surface area contributed by atoms with Crippen LogP contribution < -0.4 is 0 Å². The van der Waals surface area contributed by atoms with Gasteiger partial charge in [-0.05, 0) is 19.4 Å². The number of fused-ring (bicyclic) bond motifs is 1. The van der Waals surface area contributed by atoms with Crippen molar-refractivity contribution in [1.82, 2.24) is 19.5 Å². The summed E-state index contributed by atoms with van der Waals surface area (Å²) in [5.41, 5.74) is 0.267. The average Bonchev–Trinajstić information content (AvgIpc) is 3.01. The lowest BCUT2D eigenvalue weighted by molar-refractivity contribution is -0.136. The number of aromatic nitrogens is 3. The molecule has 25 heavy (non-hydrogen) atoms. The zero-order valence-electron chi connectivity index (χ0n) is 14.8. The molecule has 1 N–H and O–H groups in total. The fraction of sp³-hybridized carbons (Fsp3) is 0.529. The SMILES string of the molecule is CCO[C@@H]1C[C@@H](N(C)C(=O)c2ccnc3c(C(=O)O)cnn23)C1(C)C. The lowest BCUT2D eigenvalue weighted by atomic mass is 9.63. The van der Waals surface area contributed by atoms with Gasteiger partial charge in [0.15, 0.2) is 5.65 Å². The van der Waals surface area contributed by atoms with Crippen LogP contribution in [-0.4, -0.2) is 62.3 Å². The van der Waals surface area contributed by atoms with Crippen LogP contribution in [0.4, 0.5) is 0 Å².